The van der Waals surface area contributed by atoms with Gasteiger partial charge in [0.05, 0.1) is 0 Å². The van der Waals surface area contributed by atoms with Crippen LogP contribution in [0.25, 0.3) is 0 Å². The Balaban J connectivity index is 6.88. The second kappa shape index (κ2) is 24.9. The smallest absolute Gasteiger partial charge is 0.326 e. The summed E-state index contributed by atoms with van der Waals surface area (Å²) in [6, 6.07) is 4.60. The predicted octanol–water partition coefficient (Wildman–Crippen LogP) is 6.24. The third-order valence-corrected chi connectivity index (χ3v) is 30.7. The first-order chi connectivity index (χ1) is 23.0. The minimum atomic E-state index is -2.85. The van der Waals surface area contributed by atoms with Gasteiger partial charge < -0.3 is 49.8 Å². The molecule has 0 bridgehead atoms. The van der Waals surface area contributed by atoms with E-state index in [1.807, 2.05) is 0 Å². The molecule has 0 saturated heterocycles. The van der Waals surface area contributed by atoms with Gasteiger partial charge in [0, 0.05) is 13.2 Å². The van der Waals surface area contributed by atoms with E-state index >= 15 is 0 Å². The SMILES string of the molecule is CCO[Si](C)(CCCN(C)C)O[Si](C)(CCCN(C)C)O[Si](C)(CCCN(C)C)O[Si](C)(CCCN(C)C)O[Si](C)(CCCN(C)C)OCC. The Hall–Kier alpha value is 0.644. The van der Waals surface area contributed by atoms with Crippen molar-refractivity contribution in [1.82, 2.24) is 24.5 Å². The normalized spacial score (nSPS) is 18.8. The lowest BCUT2D eigenvalue weighted by molar-refractivity contribution is 0.207. The highest BCUT2D eigenvalue weighted by Crippen LogP contribution is 2.35. The Morgan fingerprint density at radius 2 is 0.500 bits per heavy atom. The summed E-state index contributed by atoms with van der Waals surface area (Å²) in [6.07, 6.45) is 5.13. The first-order valence-electron chi connectivity index (χ1n) is 19.4. The maximum Gasteiger partial charge on any atom is 0.326 e. The van der Waals surface area contributed by atoms with E-state index in [2.05, 4.69) is 142 Å². The summed E-state index contributed by atoms with van der Waals surface area (Å²) >= 11 is 0. The molecule has 0 aromatic carbocycles. The van der Waals surface area contributed by atoms with Crippen LogP contribution >= 0.6 is 0 Å². The lowest BCUT2D eigenvalue weighted by atomic mass is 10.5. The summed E-state index contributed by atoms with van der Waals surface area (Å²) in [5.41, 5.74) is 0. The maximum atomic E-state index is 7.62. The highest BCUT2D eigenvalue weighted by Gasteiger charge is 2.52. The summed E-state index contributed by atoms with van der Waals surface area (Å²) in [5.74, 6) is 0. The molecule has 0 radical (unpaired) electrons. The van der Waals surface area contributed by atoms with Crippen LogP contribution in [0, 0.1) is 0 Å². The first kappa shape index (κ1) is 50.6. The molecule has 0 rings (SSSR count). The lowest BCUT2D eigenvalue weighted by Gasteiger charge is -2.46. The van der Waals surface area contributed by atoms with E-state index in [4.69, 9.17) is 25.3 Å². The minimum Gasteiger partial charge on any atom is -0.416 e. The molecule has 4 atom stereocenters. The van der Waals surface area contributed by atoms with Crippen LogP contribution in [0.15, 0.2) is 0 Å². The minimum absolute atomic E-state index is 0.653. The van der Waals surface area contributed by atoms with Crippen molar-refractivity contribution in [2.45, 2.75) is 109 Å². The first-order valence-corrected chi connectivity index (χ1v) is 32.0. The van der Waals surface area contributed by atoms with E-state index in [1.165, 1.54) is 0 Å². The summed E-state index contributed by atoms with van der Waals surface area (Å²) < 4.78 is 43.1. The molecule has 0 aromatic heterocycles. The van der Waals surface area contributed by atoms with Crippen LogP contribution in [-0.4, -0.2) is 184 Å². The zero-order valence-electron chi connectivity index (χ0n) is 36.2. The Labute approximate surface area is 316 Å². The van der Waals surface area contributed by atoms with Crippen molar-refractivity contribution in [1.29, 1.82) is 0 Å². The van der Waals surface area contributed by atoms with E-state index in [0.717, 1.165) is 95.0 Å². The number of nitrogens with zero attached hydrogens (tertiary/aromatic N) is 5. The molecule has 4 unspecified atom stereocenters. The van der Waals surface area contributed by atoms with Crippen molar-refractivity contribution in [2.75, 3.05) is 116 Å². The van der Waals surface area contributed by atoms with Gasteiger partial charge in [-0.3, -0.25) is 0 Å². The Morgan fingerprint density at radius 1 is 0.320 bits per heavy atom. The average Bonchev–Trinajstić information content (AvgIpc) is 2.91. The van der Waals surface area contributed by atoms with Gasteiger partial charge in [-0.05, 0) is 212 Å². The molecule has 302 valence electrons. The van der Waals surface area contributed by atoms with Gasteiger partial charge in [-0.15, -0.1) is 0 Å². The average molecular weight is 801 g/mol. The second-order valence-electron chi connectivity index (χ2n) is 16.5. The Morgan fingerprint density at radius 3 is 0.680 bits per heavy atom. The lowest BCUT2D eigenvalue weighted by Crippen LogP contribution is -2.63. The molecule has 0 spiro atoms. The number of hydrogen-bond donors (Lipinski definition) is 0. The van der Waals surface area contributed by atoms with Crippen molar-refractivity contribution >= 4 is 42.8 Å². The van der Waals surface area contributed by atoms with Crippen molar-refractivity contribution < 1.29 is 25.3 Å². The molecule has 0 N–H and O–H groups in total. The van der Waals surface area contributed by atoms with E-state index in [1.54, 1.807) is 0 Å². The predicted molar refractivity (Wildman–Crippen MR) is 226 cm³/mol. The van der Waals surface area contributed by atoms with Crippen molar-refractivity contribution in [2.24, 2.45) is 0 Å². The Bertz CT molecular complexity index is 828. The molecule has 0 amide bonds. The third kappa shape index (κ3) is 24.1. The molecule has 0 aromatic rings. The fourth-order valence-corrected chi connectivity index (χ4v) is 32.2. The molecule has 16 heteroatoms. The van der Waals surface area contributed by atoms with Crippen LogP contribution in [0.2, 0.25) is 63.0 Å². The van der Waals surface area contributed by atoms with Crippen LogP contribution in [0.4, 0.5) is 0 Å². The molecule has 0 saturated carbocycles. The van der Waals surface area contributed by atoms with Gasteiger partial charge in [0.25, 0.3) is 0 Å². The maximum absolute atomic E-state index is 7.62. The standard InChI is InChI=1S/C34H85N5O6Si5/c1-18-40-46(13,30-20-25-35(3)4)42-48(15,32-22-27-37(7)8)44-50(17,34-24-29-39(11)12)45-49(16,33-23-28-38(9)10)43-47(14,41-19-2)31-21-26-36(5)6/h18-34H2,1-17H3. The fraction of sp³-hybridized carbons (Fsp3) is 1.00. The Kier molecular flexibility index (Phi) is 25.3. The van der Waals surface area contributed by atoms with Crippen LogP contribution in [0.1, 0.15) is 46.0 Å². The van der Waals surface area contributed by atoms with E-state index in [-0.39, 0.29) is 0 Å². The van der Waals surface area contributed by atoms with Gasteiger partial charge in [0.15, 0.2) is 0 Å². The molecule has 0 aliphatic rings. The van der Waals surface area contributed by atoms with Gasteiger partial charge >= 0.3 is 42.8 Å². The zero-order chi connectivity index (χ0) is 38.7. The fourth-order valence-electron chi connectivity index (χ4n) is 6.69. The van der Waals surface area contributed by atoms with Crippen LogP contribution < -0.4 is 0 Å². The quantitative estimate of drug-likeness (QED) is 0.0727. The van der Waals surface area contributed by atoms with Gasteiger partial charge in [0.1, 0.15) is 0 Å². The summed E-state index contributed by atoms with van der Waals surface area (Å²) in [4.78, 5) is 11.3. The van der Waals surface area contributed by atoms with E-state index in [0.29, 0.717) is 13.2 Å². The third-order valence-electron chi connectivity index (χ3n) is 8.81. The van der Waals surface area contributed by atoms with E-state index < -0.39 is 42.8 Å². The second-order valence-corrected chi connectivity index (χ2v) is 34.2. The molecule has 0 heterocycles. The number of hydrogen-bond acceptors (Lipinski definition) is 11. The van der Waals surface area contributed by atoms with E-state index in [9.17, 15) is 0 Å². The molecule has 11 nitrogen and oxygen atoms in total. The van der Waals surface area contributed by atoms with Gasteiger partial charge in [-0.1, -0.05) is 0 Å². The molecule has 0 fully saturated rings. The zero-order valence-corrected chi connectivity index (χ0v) is 41.2. The van der Waals surface area contributed by atoms with Crippen LogP contribution in [-0.2, 0) is 25.3 Å². The van der Waals surface area contributed by atoms with Crippen molar-refractivity contribution in [3.8, 4) is 0 Å². The molecule has 0 aliphatic carbocycles. The topological polar surface area (TPSA) is 71.6 Å². The van der Waals surface area contributed by atoms with Crippen molar-refractivity contribution in [3.63, 3.8) is 0 Å². The molecule has 0 aliphatic heterocycles. The highest BCUT2D eigenvalue weighted by molar-refractivity contribution is 6.90. The van der Waals surface area contributed by atoms with Crippen molar-refractivity contribution in [3.05, 3.63) is 0 Å². The molecule has 50 heavy (non-hydrogen) atoms. The largest absolute Gasteiger partial charge is 0.416 e. The summed E-state index contributed by atoms with van der Waals surface area (Å²) in [6.45, 7) is 21.9. The highest BCUT2D eigenvalue weighted by atomic mass is 28.5. The van der Waals surface area contributed by atoms with Gasteiger partial charge in [-0.2, -0.15) is 0 Å². The monoisotopic (exact) mass is 800 g/mol. The van der Waals surface area contributed by atoms with Gasteiger partial charge in [0.2, 0.25) is 0 Å². The summed E-state index contributed by atoms with van der Waals surface area (Å²) in [7, 11) is 7.92. The molecular weight excluding hydrogens is 715 g/mol. The summed E-state index contributed by atoms with van der Waals surface area (Å²) in [5, 5.41) is 0. The van der Waals surface area contributed by atoms with Crippen LogP contribution in [0.5, 0.6) is 0 Å². The molecular formula is C34H85N5O6Si5. The number of rotatable bonds is 32. The van der Waals surface area contributed by atoms with Crippen LogP contribution in [0.3, 0.4) is 0 Å². The van der Waals surface area contributed by atoms with Gasteiger partial charge in [-0.25, -0.2) is 0 Å².